The molecule has 2 saturated heterocycles. The van der Waals surface area contributed by atoms with Crippen molar-refractivity contribution in [2.45, 2.75) is 32.2 Å². The van der Waals surface area contributed by atoms with Crippen LogP contribution < -0.4 is 0 Å². The summed E-state index contributed by atoms with van der Waals surface area (Å²) in [5.41, 5.74) is 1.29. The van der Waals surface area contributed by atoms with Crippen LogP contribution in [0.5, 0.6) is 0 Å². The molecule has 0 aliphatic carbocycles. The fraction of sp³-hybridized carbons (Fsp3) is 0.692. The molecular formula is C13H19N3O3S. The molecule has 1 aromatic heterocycles. The molecule has 110 valence electrons. The molecular weight excluding hydrogens is 278 g/mol. The predicted octanol–water partition coefficient (Wildman–Crippen LogP) is 0.787. The summed E-state index contributed by atoms with van der Waals surface area (Å²) in [6.07, 6.45) is 2.68. The maximum Gasteiger partial charge on any atom is 0.274 e. The largest absolute Gasteiger partial charge is 0.337 e. The molecule has 0 aromatic carbocycles. The molecule has 1 aromatic rings. The third-order valence-electron chi connectivity index (χ3n) is 4.09. The van der Waals surface area contributed by atoms with Crippen LogP contribution in [0.4, 0.5) is 0 Å². The van der Waals surface area contributed by atoms with Crippen molar-refractivity contribution in [3.05, 3.63) is 17.5 Å². The Balaban J connectivity index is 1.82. The second-order valence-electron chi connectivity index (χ2n) is 5.67. The zero-order valence-electron chi connectivity index (χ0n) is 11.6. The molecule has 0 N–H and O–H groups in total. The summed E-state index contributed by atoms with van der Waals surface area (Å²) in [5.74, 6) is 0.310. The Morgan fingerprint density at radius 3 is 2.65 bits per heavy atom. The van der Waals surface area contributed by atoms with E-state index in [-0.39, 0.29) is 23.5 Å². The molecule has 0 saturated carbocycles. The summed E-state index contributed by atoms with van der Waals surface area (Å²) in [6, 6.07) is 1.64. The van der Waals surface area contributed by atoms with E-state index in [0.29, 0.717) is 12.1 Å². The molecule has 6 nitrogen and oxygen atoms in total. The fourth-order valence-electron chi connectivity index (χ4n) is 3.01. The number of likely N-dealkylation sites (tertiary alicyclic amines) is 1. The van der Waals surface area contributed by atoms with Crippen LogP contribution in [0.25, 0.3) is 0 Å². The molecule has 0 spiro atoms. The maximum atomic E-state index is 12.3. The number of nitrogens with zero attached hydrogens (tertiary/aromatic N) is 3. The Morgan fingerprint density at radius 2 is 2.05 bits per heavy atom. The molecule has 3 rings (SSSR count). The topological polar surface area (TPSA) is 72.3 Å². The molecule has 3 heterocycles. The van der Waals surface area contributed by atoms with Gasteiger partial charge in [0.05, 0.1) is 17.5 Å². The van der Waals surface area contributed by atoms with E-state index in [9.17, 15) is 13.2 Å². The van der Waals surface area contributed by atoms with Crippen LogP contribution in [0.3, 0.4) is 0 Å². The van der Waals surface area contributed by atoms with Gasteiger partial charge in [-0.3, -0.25) is 9.48 Å². The first-order valence-electron chi connectivity index (χ1n) is 7.02. The first-order valence-corrected chi connectivity index (χ1v) is 8.84. The number of aryl methyl sites for hydroxylation is 1. The van der Waals surface area contributed by atoms with E-state index < -0.39 is 9.84 Å². The van der Waals surface area contributed by atoms with E-state index in [1.807, 2.05) is 11.8 Å². The molecule has 0 bridgehead atoms. The van der Waals surface area contributed by atoms with Gasteiger partial charge in [0.1, 0.15) is 0 Å². The van der Waals surface area contributed by atoms with Crippen LogP contribution in [0.15, 0.2) is 6.07 Å². The van der Waals surface area contributed by atoms with Crippen molar-refractivity contribution < 1.29 is 13.2 Å². The number of sulfone groups is 1. The van der Waals surface area contributed by atoms with Crippen molar-refractivity contribution in [3.63, 3.8) is 0 Å². The van der Waals surface area contributed by atoms with E-state index in [1.54, 1.807) is 10.7 Å². The molecule has 2 fully saturated rings. The minimum absolute atomic E-state index is 0.0368. The highest BCUT2D eigenvalue weighted by atomic mass is 32.2. The minimum Gasteiger partial charge on any atom is -0.337 e. The highest BCUT2D eigenvalue weighted by molar-refractivity contribution is 7.91. The SMILES string of the molecule is Cc1cc(C(=O)N2CCCC2)nn1C1CCS(=O)(=O)C1. The summed E-state index contributed by atoms with van der Waals surface area (Å²) in [4.78, 5) is 14.1. The lowest BCUT2D eigenvalue weighted by Crippen LogP contribution is -2.28. The molecule has 2 aliphatic rings. The summed E-state index contributed by atoms with van der Waals surface area (Å²) in [7, 11) is -2.94. The van der Waals surface area contributed by atoms with Crippen LogP contribution in [-0.2, 0) is 9.84 Å². The summed E-state index contributed by atoms with van der Waals surface area (Å²) in [6.45, 7) is 3.46. The van der Waals surface area contributed by atoms with E-state index in [0.717, 1.165) is 31.6 Å². The number of carbonyl (C=O) groups is 1. The van der Waals surface area contributed by atoms with Crippen molar-refractivity contribution in [2.75, 3.05) is 24.6 Å². The lowest BCUT2D eigenvalue weighted by Gasteiger charge is -2.13. The lowest BCUT2D eigenvalue weighted by molar-refractivity contribution is 0.0786. The van der Waals surface area contributed by atoms with Crippen LogP contribution in [0.2, 0.25) is 0 Å². The van der Waals surface area contributed by atoms with Gasteiger partial charge in [-0.1, -0.05) is 0 Å². The normalized spacial score (nSPS) is 25.2. The molecule has 20 heavy (non-hydrogen) atoms. The van der Waals surface area contributed by atoms with Crippen LogP contribution in [-0.4, -0.2) is 53.6 Å². The van der Waals surface area contributed by atoms with E-state index in [2.05, 4.69) is 5.10 Å². The summed E-state index contributed by atoms with van der Waals surface area (Å²) < 4.78 is 24.8. The van der Waals surface area contributed by atoms with Gasteiger partial charge in [0, 0.05) is 18.8 Å². The van der Waals surface area contributed by atoms with Gasteiger partial charge in [0.25, 0.3) is 5.91 Å². The number of aromatic nitrogens is 2. The predicted molar refractivity (Wildman–Crippen MR) is 74.4 cm³/mol. The van der Waals surface area contributed by atoms with Crippen molar-refractivity contribution in [2.24, 2.45) is 0 Å². The second kappa shape index (κ2) is 4.87. The maximum absolute atomic E-state index is 12.3. The average molecular weight is 297 g/mol. The van der Waals surface area contributed by atoms with E-state index in [1.165, 1.54) is 0 Å². The quantitative estimate of drug-likeness (QED) is 0.809. The minimum atomic E-state index is -2.94. The average Bonchev–Trinajstić information content (AvgIpc) is 3.07. The summed E-state index contributed by atoms with van der Waals surface area (Å²) >= 11 is 0. The molecule has 2 aliphatic heterocycles. The van der Waals surface area contributed by atoms with Crippen LogP contribution >= 0.6 is 0 Å². The number of hydrogen-bond acceptors (Lipinski definition) is 4. The number of amides is 1. The zero-order valence-corrected chi connectivity index (χ0v) is 12.4. The van der Waals surface area contributed by atoms with Gasteiger partial charge in [-0.25, -0.2) is 8.42 Å². The van der Waals surface area contributed by atoms with Gasteiger partial charge >= 0.3 is 0 Å². The van der Waals surface area contributed by atoms with Crippen LogP contribution in [0, 0.1) is 6.92 Å². The lowest BCUT2D eigenvalue weighted by atomic mass is 10.2. The van der Waals surface area contributed by atoms with Gasteiger partial charge in [-0.15, -0.1) is 0 Å². The van der Waals surface area contributed by atoms with Gasteiger partial charge in [0.15, 0.2) is 15.5 Å². The molecule has 1 unspecified atom stereocenters. The monoisotopic (exact) mass is 297 g/mol. The zero-order chi connectivity index (χ0) is 14.3. The standard InChI is InChI=1S/C13H19N3O3S/c1-10-8-12(13(17)15-5-2-3-6-15)14-16(10)11-4-7-20(18,19)9-11/h8,11H,2-7,9H2,1H3. The third kappa shape index (κ3) is 2.46. The number of carbonyl (C=O) groups excluding carboxylic acids is 1. The smallest absolute Gasteiger partial charge is 0.274 e. The van der Waals surface area contributed by atoms with Gasteiger partial charge in [-0.2, -0.15) is 5.10 Å². The van der Waals surface area contributed by atoms with Gasteiger partial charge in [0.2, 0.25) is 0 Å². The van der Waals surface area contributed by atoms with E-state index in [4.69, 9.17) is 0 Å². The number of rotatable bonds is 2. The van der Waals surface area contributed by atoms with Gasteiger partial charge in [-0.05, 0) is 32.3 Å². The first-order chi connectivity index (χ1) is 9.46. The Labute approximate surface area is 118 Å². The highest BCUT2D eigenvalue weighted by Crippen LogP contribution is 2.25. The second-order valence-corrected chi connectivity index (χ2v) is 7.90. The van der Waals surface area contributed by atoms with Crippen molar-refractivity contribution in [1.29, 1.82) is 0 Å². The highest BCUT2D eigenvalue weighted by Gasteiger charge is 2.31. The molecule has 7 heteroatoms. The summed E-state index contributed by atoms with van der Waals surface area (Å²) in [5, 5.41) is 4.36. The van der Waals surface area contributed by atoms with Gasteiger partial charge < -0.3 is 4.90 Å². The van der Waals surface area contributed by atoms with Crippen molar-refractivity contribution in [1.82, 2.24) is 14.7 Å². The Bertz CT molecular complexity index is 629. The fourth-order valence-corrected chi connectivity index (χ4v) is 4.70. The Hall–Kier alpha value is -1.37. The number of hydrogen-bond donors (Lipinski definition) is 0. The molecule has 1 atom stereocenters. The van der Waals surface area contributed by atoms with Crippen LogP contribution in [0.1, 0.15) is 41.5 Å². The first kappa shape index (κ1) is 13.6. The Morgan fingerprint density at radius 1 is 1.35 bits per heavy atom. The van der Waals surface area contributed by atoms with Crippen molar-refractivity contribution >= 4 is 15.7 Å². The molecule has 1 amide bonds. The third-order valence-corrected chi connectivity index (χ3v) is 5.84. The van der Waals surface area contributed by atoms with E-state index >= 15 is 0 Å². The van der Waals surface area contributed by atoms with Crippen molar-refractivity contribution in [3.8, 4) is 0 Å². The Kier molecular flexibility index (Phi) is 3.32. The molecule has 0 radical (unpaired) electrons.